The fraction of sp³-hybridized carbons (Fsp3) is 0.462. The van der Waals surface area contributed by atoms with Gasteiger partial charge in [0.15, 0.2) is 0 Å². The molecule has 110 valence electrons. The Balaban J connectivity index is 1.81. The van der Waals surface area contributed by atoms with Crippen molar-refractivity contribution in [1.82, 2.24) is 5.32 Å². The normalized spacial score (nSPS) is 16.1. The van der Waals surface area contributed by atoms with Crippen LogP contribution in [0, 0.1) is 0 Å². The Kier molecular flexibility index (Phi) is 5.97. The van der Waals surface area contributed by atoms with Crippen molar-refractivity contribution < 1.29 is 13.6 Å². The molecule has 1 heterocycles. The molecule has 1 saturated heterocycles. The van der Waals surface area contributed by atoms with E-state index in [-0.39, 0.29) is 12.1 Å². The number of carbonyl (C=O) groups is 1. The van der Waals surface area contributed by atoms with Gasteiger partial charge in [0, 0.05) is 16.6 Å². The molecule has 1 aromatic carbocycles. The minimum Gasteiger partial charge on any atom is -0.335 e. The highest BCUT2D eigenvalue weighted by Gasteiger charge is 2.15. The lowest BCUT2D eigenvalue weighted by Crippen LogP contribution is -2.39. The first kappa shape index (κ1) is 15.4. The first-order valence-electron chi connectivity index (χ1n) is 6.33. The maximum absolute atomic E-state index is 12.2. The molecule has 2 amide bonds. The number of anilines is 1. The molecule has 0 aliphatic carbocycles. The van der Waals surface area contributed by atoms with Gasteiger partial charge in [-0.05, 0) is 48.6 Å². The molecular formula is C13H16F2N2OS2. The van der Waals surface area contributed by atoms with Gasteiger partial charge in [-0.25, -0.2) is 4.79 Å². The monoisotopic (exact) mass is 318 g/mol. The predicted molar refractivity (Wildman–Crippen MR) is 80.8 cm³/mol. The van der Waals surface area contributed by atoms with Gasteiger partial charge in [0.25, 0.3) is 5.76 Å². The maximum atomic E-state index is 12.2. The van der Waals surface area contributed by atoms with E-state index in [9.17, 15) is 13.6 Å². The van der Waals surface area contributed by atoms with Crippen molar-refractivity contribution in [2.45, 2.75) is 29.5 Å². The minimum absolute atomic E-state index is 0.227. The quantitative estimate of drug-likeness (QED) is 0.824. The van der Waals surface area contributed by atoms with Gasteiger partial charge >= 0.3 is 6.03 Å². The molecule has 0 bridgehead atoms. The molecule has 1 aliphatic heterocycles. The SMILES string of the molecule is O=C(Nc1ccc(SC(F)F)cc1)NC1CCSCC1. The maximum Gasteiger partial charge on any atom is 0.319 e. The van der Waals surface area contributed by atoms with Crippen LogP contribution in [0.5, 0.6) is 0 Å². The van der Waals surface area contributed by atoms with Gasteiger partial charge in [-0.2, -0.15) is 20.5 Å². The van der Waals surface area contributed by atoms with Crippen molar-refractivity contribution in [1.29, 1.82) is 0 Å². The molecule has 1 aromatic rings. The molecule has 1 aliphatic rings. The van der Waals surface area contributed by atoms with Gasteiger partial charge in [0.05, 0.1) is 0 Å². The Hall–Kier alpha value is -0.950. The Morgan fingerprint density at radius 2 is 1.90 bits per heavy atom. The van der Waals surface area contributed by atoms with E-state index < -0.39 is 5.76 Å². The average Bonchev–Trinajstić information content (AvgIpc) is 2.41. The summed E-state index contributed by atoms with van der Waals surface area (Å²) in [5.74, 6) is -0.282. The molecule has 2 N–H and O–H groups in total. The third kappa shape index (κ3) is 5.20. The van der Waals surface area contributed by atoms with Crippen molar-refractivity contribution in [3.63, 3.8) is 0 Å². The summed E-state index contributed by atoms with van der Waals surface area (Å²) in [5.41, 5.74) is 0.603. The Morgan fingerprint density at radius 1 is 1.25 bits per heavy atom. The second kappa shape index (κ2) is 7.73. The first-order chi connectivity index (χ1) is 9.63. The van der Waals surface area contributed by atoms with E-state index in [0.29, 0.717) is 22.3 Å². The number of urea groups is 1. The number of benzene rings is 1. The fourth-order valence-electron chi connectivity index (χ4n) is 1.91. The molecule has 0 atom stereocenters. The van der Waals surface area contributed by atoms with Crippen molar-refractivity contribution >= 4 is 35.2 Å². The Morgan fingerprint density at radius 3 is 2.50 bits per heavy atom. The van der Waals surface area contributed by atoms with Gasteiger partial charge in [0.1, 0.15) is 0 Å². The van der Waals surface area contributed by atoms with Crippen molar-refractivity contribution in [3.8, 4) is 0 Å². The summed E-state index contributed by atoms with van der Waals surface area (Å²) in [6, 6.07) is 6.39. The van der Waals surface area contributed by atoms with Gasteiger partial charge in [-0.15, -0.1) is 0 Å². The molecular weight excluding hydrogens is 302 g/mol. The van der Waals surface area contributed by atoms with Crippen LogP contribution < -0.4 is 10.6 Å². The standard InChI is InChI=1S/C13H16F2N2OS2/c14-12(15)20-11-3-1-9(2-4-11)16-13(18)17-10-5-7-19-8-6-10/h1-4,10,12H,5-8H2,(H2,16,17,18). The predicted octanol–water partition coefficient (Wildman–Crippen LogP) is 4.02. The Bertz CT molecular complexity index is 437. The van der Waals surface area contributed by atoms with Gasteiger partial charge in [-0.1, -0.05) is 11.8 Å². The molecule has 1 fully saturated rings. The third-order valence-corrected chi connectivity index (χ3v) is 4.67. The summed E-state index contributed by atoms with van der Waals surface area (Å²) in [7, 11) is 0. The van der Waals surface area contributed by atoms with Crippen LogP contribution in [0.25, 0.3) is 0 Å². The summed E-state index contributed by atoms with van der Waals surface area (Å²) in [6.45, 7) is 0. The molecule has 7 heteroatoms. The van der Waals surface area contributed by atoms with Crippen molar-refractivity contribution in [3.05, 3.63) is 24.3 Å². The van der Waals surface area contributed by atoms with Crippen LogP contribution >= 0.6 is 23.5 Å². The summed E-state index contributed by atoms with van der Waals surface area (Å²) >= 11 is 2.39. The number of thioether (sulfide) groups is 2. The second-order valence-corrected chi connectivity index (χ2v) is 6.68. The average molecular weight is 318 g/mol. The number of hydrogen-bond donors (Lipinski definition) is 2. The van der Waals surface area contributed by atoms with E-state index >= 15 is 0 Å². The minimum atomic E-state index is -2.43. The van der Waals surface area contributed by atoms with Gasteiger partial charge < -0.3 is 10.6 Å². The topological polar surface area (TPSA) is 41.1 Å². The largest absolute Gasteiger partial charge is 0.335 e. The van der Waals surface area contributed by atoms with Crippen LogP contribution in [0.1, 0.15) is 12.8 Å². The van der Waals surface area contributed by atoms with Gasteiger partial charge in [0.2, 0.25) is 0 Å². The van der Waals surface area contributed by atoms with Crippen LogP contribution in [0.4, 0.5) is 19.3 Å². The number of nitrogens with one attached hydrogen (secondary N) is 2. The van der Waals surface area contributed by atoms with Gasteiger partial charge in [-0.3, -0.25) is 0 Å². The zero-order valence-corrected chi connectivity index (χ0v) is 12.4. The van der Waals surface area contributed by atoms with E-state index in [1.165, 1.54) is 0 Å². The molecule has 0 spiro atoms. The molecule has 0 saturated carbocycles. The summed E-state index contributed by atoms with van der Waals surface area (Å²) in [6.07, 6.45) is 1.98. The number of carbonyl (C=O) groups excluding carboxylic acids is 1. The summed E-state index contributed by atoms with van der Waals surface area (Å²) in [5, 5.41) is 5.64. The number of alkyl halides is 2. The fourth-order valence-corrected chi connectivity index (χ4v) is 3.52. The number of hydrogen-bond acceptors (Lipinski definition) is 3. The highest BCUT2D eigenvalue weighted by Crippen LogP contribution is 2.26. The van der Waals surface area contributed by atoms with Crippen molar-refractivity contribution in [2.24, 2.45) is 0 Å². The van der Waals surface area contributed by atoms with Crippen molar-refractivity contribution in [2.75, 3.05) is 16.8 Å². The van der Waals surface area contributed by atoms with Crippen LogP contribution in [0.3, 0.4) is 0 Å². The molecule has 3 nitrogen and oxygen atoms in total. The number of halogens is 2. The van der Waals surface area contributed by atoms with Crippen LogP contribution in [-0.2, 0) is 0 Å². The lowest BCUT2D eigenvalue weighted by molar-refractivity contribution is 0.247. The van der Waals surface area contributed by atoms with E-state index in [2.05, 4.69) is 10.6 Å². The molecule has 0 unspecified atom stereocenters. The smallest absolute Gasteiger partial charge is 0.319 e. The number of amides is 2. The Labute approximate surface area is 125 Å². The van der Waals surface area contributed by atoms with E-state index in [0.717, 1.165) is 24.3 Å². The zero-order chi connectivity index (χ0) is 14.4. The lowest BCUT2D eigenvalue weighted by atomic mass is 10.2. The second-order valence-electron chi connectivity index (χ2n) is 4.39. The van der Waals surface area contributed by atoms with Crippen LogP contribution in [0.2, 0.25) is 0 Å². The first-order valence-corrected chi connectivity index (χ1v) is 8.37. The lowest BCUT2D eigenvalue weighted by Gasteiger charge is -2.22. The third-order valence-electron chi connectivity index (χ3n) is 2.89. The summed E-state index contributed by atoms with van der Waals surface area (Å²) in [4.78, 5) is 12.3. The molecule has 20 heavy (non-hydrogen) atoms. The molecule has 2 rings (SSSR count). The van der Waals surface area contributed by atoms with E-state index in [4.69, 9.17) is 0 Å². The summed E-state index contributed by atoms with van der Waals surface area (Å²) < 4.78 is 24.3. The van der Waals surface area contributed by atoms with E-state index in [1.54, 1.807) is 24.3 Å². The zero-order valence-electron chi connectivity index (χ0n) is 10.8. The molecule has 0 aromatic heterocycles. The number of rotatable bonds is 4. The van der Waals surface area contributed by atoms with Crippen LogP contribution in [0.15, 0.2) is 29.2 Å². The molecule has 0 radical (unpaired) electrons. The highest BCUT2D eigenvalue weighted by atomic mass is 32.2. The highest BCUT2D eigenvalue weighted by molar-refractivity contribution is 7.99. The van der Waals surface area contributed by atoms with E-state index in [1.807, 2.05) is 11.8 Å². The van der Waals surface area contributed by atoms with Crippen LogP contribution in [-0.4, -0.2) is 29.3 Å².